The van der Waals surface area contributed by atoms with E-state index in [0.717, 1.165) is 5.69 Å². The molecule has 0 amide bonds. The average Bonchev–Trinajstić information content (AvgIpc) is 3.38. The molecule has 402 valence electrons. The summed E-state index contributed by atoms with van der Waals surface area (Å²) < 4.78 is 0. The molecule has 0 spiro atoms. The van der Waals surface area contributed by atoms with Gasteiger partial charge in [0.05, 0.1) is 0 Å². The summed E-state index contributed by atoms with van der Waals surface area (Å²) >= 11 is 0. The Labute approximate surface area is 439 Å². The molecule has 0 heterocycles. The van der Waals surface area contributed by atoms with Crippen molar-refractivity contribution in [2.75, 3.05) is 24.2 Å². The Kier molecular flexibility index (Phi) is 47.7. The molecule has 70 heavy (non-hydrogen) atoms. The van der Waals surface area contributed by atoms with E-state index in [4.69, 9.17) is 5.73 Å². The fourth-order valence-corrected chi connectivity index (χ4v) is 9.70. The van der Waals surface area contributed by atoms with Crippen LogP contribution >= 0.6 is 0 Å². The normalized spacial score (nSPS) is 11.0. The van der Waals surface area contributed by atoms with Gasteiger partial charge in [-0.15, -0.1) is 0 Å². The largest absolute Gasteiger partial charge is 0.399 e. The molecule has 3 rings (SSSR count). The van der Waals surface area contributed by atoms with Gasteiger partial charge in [0.2, 0.25) is 0 Å². The molecule has 2 N–H and O–H groups in total. The Morgan fingerprint density at radius 1 is 0.257 bits per heavy atom. The van der Waals surface area contributed by atoms with Gasteiger partial charge in [-0.25, -0.2) is 0 Å². The van der Waals surface area contributed by atoms with Crippen LogP contribution < -0.4 is 10.6 Å². The van der Waals surface area contributed by atoms with Crippen molar-refractivity contribution >= 4 is 11.4 Å². The van der Waals surface area contributed by atoms with Crippen LogP contribution in [0.15, 0.2) is 72.8 Å². The first-order valence-corrected chi connectivity index (χ1v) is 31.2. The third-order valence-corrected chi connectivity index (χ3v) is 14.8. The standard InChI is InChI=1S/C29H53N.C29H52.C10H15N/c1-4-6-8-9-10-11-12-13-14-15-16-17-18-19-20-21-27-30(3)29-25-23-28(24-26-29)22-7-5-2;1-3-5-7-8-9-10-11-12-13-14-15-16-17-18-19-20-21-23-29-26-24-28(25-27-29)22-6-4-2;1-2-3-4-9-5-7-10(11)8-6-9/h23-26H,4-22,27H2,1-3H3;24-27H,3-23H2,1-2H3;5-8H,2-4,11H2,1H3. The van der Waals surface area contributed by atoms with Crippen molar-refractivity contribution in [2.24, 2.45) is 0 Å². The summed E-state index contributed by atoms with van der Waals surface area (Å²) in [5.41, 5.74) is 13.7. The van der Waals surface area contributed by atoms with Crippen LogP contribution in [0.1, 0.15) is 307 Å². The Morgan fingerprint density at radius 3 is 0.757 bits per heavy atom. The third-order valence-electron chi connectivity index (χ3n) is 14.8. The molecule has 0 bridgehead atoms. The number of aryl methyl sites for hydroxylation is 4. The maximum absolute atomic E-state index is 5.56. The van der Waals surface area contributed by atoms with E-state index in [0.29, 0.717) is 0 Å². The molecule has 2 heteroatoms. The molecular formula is C68H120N2. The SMILES string of the molecule is CCCCCCCCCCCCCCCCCCCc1ccc(CCCC)cc1.CCCCCCCCCCCCCCCCCCN(C)c1ccc(CCCC)cc1.CCCCc1ccc(N)cc1. The highest BCUT2D eigenvalue weighted by Crippen LogP contribution is 2.19. The Balaban J connectivity index is 0.000000575. The number of nitrogen functional groups attached to an aromatic ring is 1. The van der Waals surface area contributed by atoms with Gasteiger partial charge < -0.3 is 10.6 Å². The molecule has 3 aromatic rings. The molecule has 0 saturated carbocycles. The van der Waals surface area contributed by atoms with Gasteiger partial charge in [-0.2, -0.15) is 0 Å². The average molecular weight is 966 g/mol. The molecule has 0 aliphatic carbocycles. The van der Waals surface area contributed by atoms with Crippen LogP contribution in [0.5, 0.6) is 0 Å². The summed E-state index contributed by atoms with van der Waals surface area (Å²) in [4.78, 5) is 2.42. The van der Waals surface area contributed by atoms with Crippen LogP contribution in [0.25, 0.3) is 0 Å². The molecular weight excluding hydrogens is 845 g/mol. The van der Waals surface area contributed by atoms with Crippen LogP contribution in [0, 0.1) is 0 Å². The first kappa shape index (κ1) is 65.3. The number of benzene rings is 3. The molecule has 0 aliphatic heterocycles. The zero-order valence-electron chi connectivity index (χ0n) is 48.1. The minimum Gasteiger partial charge on any atom is -0.399 e. The van der Waals surface area contributed by atoms with E-state index in [2.05, 4.69) is 107 Å². The predicted octanol–water partition coefficient (Wildman–Crippen LogP) is 22.6. The number of rotatable bonds is 45. The third kappa shape index (κ3) is 41.8. The highest BCUT2D eigenvalue weighted by atomic mass is 15.1. The smallest absolute Gasteiger partial charge is 0.0363 e. The summed E-state index contributed by atoms with van der Waals surface area (Å²) in [6.07, 6.45) is 60.3. The van der Waals surface area contributed by atoms with Gasteiger partial charge in [-0.1, -0.05) is 301 Å². The molecule has 0 unspecified atom stereocenters. The maximum Gasteiger partial charge on any atom is 0.0363 e. The Morgan fingerprint density at radius 2 is 0.471 bits per heavy atom. The quantitative estimate of drug-likeness (QED) is 0.0452. The minimum absolute atomic E-state index is 0.852. The lowest BCUT2D eigenvalue weighted by Gasteiger charge is -2.19. The van der Waals surface area contributed by atoms with Crippen molar-refractivity contribution in [3.63, 3.8) is 0 Å². The van der Waals surface area contributed by atoms with Crippen LogP contribution in [0.3, 0.4) is 0 Å². The second kappa shape index (κ2) is 51.2. The van der Waals surface area contributed by atoms with Crippen LogP contribution in [-0.2, 0) is 25.7 Å². The molecule has 3 aromatic carbocycles. The maximum atomic E-state index is 5.56. The minimum atomic E-state index is 0.852. The highest BCUT2D eigenvalue weighted by Gasteiger charge is 2.03. The number of nitrogens with two attached hydrogens (primary N) is 1. The molecule has 0 radical (unpaired) electrons. The summed E-state index contributed by atoms with van der Waals surface area (Å²) in [6.45, 7) is 12.5. The summed E-state index contributed by atoms with van der Waals surface area (Å²) in [5, 5.41) is 0. The van der Waals surface area contributed by atoms with Crippen molar-refractivity contribution in [1.29, 1.82) is 0 Å². The second-order valence-corrected chi connectivity index (χ2v) is 21.7. The number of unbranched alkanes of at least 4 members (excludes halogenated alkanes) is 34. The van der Waals surface area contributed by atoms with Gasteiger partial charge in [-0.3, -0.25) is 0 Å². The molecule has 0 aliphatic rings. The number of hydrogen-bond acceptors (Lipinski definition) is 2. The lowest BCUT2D eigenvalue weighted by molar-refractivity contribution is 0.527. The summed E-state index contributed by atoms with van der Waals surface area (Å²) in [5.74, 6) is 0. The van der Waals surface area contributed by atoms with Crippen LogP contribution in [0.2, 0.25) is 0 Å². The summed E-state index contributed by atoms with van der Waals surface area (Å²) in [6, 6.07) is 26.8. The fraction of sp³-hybridized carbons (Fsp3) is 0.735. The van der Waals surface area contributed by atoms with E-state index >= 15 is 0 Å². The molecule has 0 aromatic heterocycles. The van der Waals surface area contributed by atoms with Gasteiger partial charge in [0.15, 0.2) is 0 Å². The van der Waals surface area contributed by atoms with Crippen molar-refractivity contribution < 1.29 is 0 Å². The van der Waals surface area contributed by atoms with E-state index in [1.807, 2.05) is 12.1 Å². The van der Waals surface area contributed by atoms with Gasteiger partial charge in [0.25, 0.3) is 0 Å². The van der Waals surface area contributed by atoms with E-state index in [-0.39, 0.29) is 0 Å². The van der Waals surface area contributed by atoms with E-state index in [1.54, 1.807) is 0 Å². The Bertz CT molecular complexity index is 1440. The number of nitrogens with zero attached hydrogens (tertiary/aromatic N) is 1. The molecule has 0 saturated heterocycles. The van der Waals surface area contributed by atoms with Crippen molar-refractivity contribution in [1.82, 2.24) is 0 Å². The Hall–Kier alpha value is -2.74. The van der Waals surface area contributed by atoms with Crippen LogP contribution in [-0.4, -0.2) is 13.6 Å². The van der Waals surface area contributed by atoms with E-state index < -0.39 is 0 Å². The molecule has 2 nitrogen and oxygen atoms in total. The molecule has 0 atom stereocenters. The van der Waals surface area contributed by atoms with Gasteiger partial charge in [-0.05, 0) is 104 Å². The van der Waals surface area contributed by atoms with Crippen LogP contribution in [0.4, 0.5) is 11.4 Å². The zero-order chi connectivity index (χ0) is 50.6. The molecule has 0 fully saturated rings. The lowest BCUT2D eigenvalue weighted by Crippen LogP contribution is -2.18. The van der Waals surface area contributed by atoms with E-state index in [9.17, 15) is 0 Å². The van der Waals surface area contributed by atoms with Gasteiger partial charge in [0.1, 0.15) is 0 Å². The summed E-state index contributed by atoms with van der Waals surface area (Å²) in [7, 11) is 2.24. The fourth-order valence-electron chi connectivity index (χ4n) is 9.70. The second-order valence-electron chi connectivity index (χ2n) is 21.7. The van der Waals surface area contributed by atoms with E-state index in [1.165, 1.54) is 311 Å². The monoisotopic (exact) mass is 965 g/mol. The van der Waals surface area contributed by atoms with Gasteiger partial charge in [0, 0.05) is 25.0 Å². The zero-order valence-corrected chi connectivity index (χ0v) is 48.1. The van der Waals surface area contributed by atoms with Gasteiger partial charge >= 0.3 is 0 Å². The van der Waals surface area contributed by atoms with Crippen molar-refractivity contribution in [3.8, 4) is 0 Å². The first-order valence-electron chi connectivity index (χ1n) is 31.2. The predicted molar refractivity (Wildman–Crippen MR) is 320 cm³/mol. The topological polar surface area (TPSA) is 29.3 Å². The number of anilines is 2. The lowest BCUT2D eigenvalue weighted by atomic mass is 10.0. The number of hydrogen-bond donors (Lipinski definition) is 1. The van der Waals surface area contributed by atoms with Crippen molar-refractivity contribution in [2.45, 2.75) is 311 Å². The van der Waals surface area contributed by atoms with Crippen molar-refractivity contribution in [3.05, 3.63) is 95.1 Å². The highest BCUT2D eigenvalue weighted by molar-refractivity contribution is 5.46. The first-order chi connectivity index (χ1) is 34.5.